The molecule has 1 fully saturated rings. The molecule has 2 aliphatic rings. The van der Waals surface area contributed by atoms with Gasteiger partial charge in [-0.15, -0.1) is 23.7 Å². The van der Waals surface area contributed by atoms with Crippen LogP contribution in [0.5, 0.6) is 0 Å². The molecule has 1 amide bonds. The van der Waals surface area contributed by atoms with Gasteiger partial charge in [-0.25, -0.2) is 4.98 Å². The highest BCUT2D eigenvalue weighted by Crippen LogP contribution is 2.28. The predicted octanol–water partition coefficient (Wildman–Crippen LogP) is 1.86. The van der Waals surface area contributed by atoms with Crippen LogP contribution in [0.2, 0.25) is 0 Å². The lowest BCUT2D eigenvalue weighted by atomic mass is 10.0. The Morgan fingerprint density at radius 3 is 2.88 bits per heavy atom. The SMILES string of the molecule is Cc1c(C(=O)NCC2CNC2)sc2nc3n(c(=O)c12)CCCCC3.Cl. The van der Waals surface area contributed by atoms with E-state index in [1.165, 1.54) is 11.3 Å². The van der Waals surface area contributed by atoms with Crippen molar-refractivity contribution in [1.82, 2.24) is 20.2 Å². The number of hydrogen-bond donors (Lipinski definition) is 2. The zero-order chi connectivity index (χ0) is 16.7. The maximum atomic E-state index is 12.9. The summed E-state index contributed by atoms with van der Waals surface area (Å²) in [5.41, 5.74) is 0.796. The van der Waals surface area contributed by atoms with Gasteiger partial charge in [0.1, 0.15) is 10.7 Å². The van der Waals surface area contributed by atoms with Crippen molar-refractivity contribution < 1.29 is 4.79 Å². The molecule has 0 radical (unpaired) electrons. The number of nitrogens with zero attached hydrogens (tertiary/aromatic N) is 2. The molecule has 8 heteroatoms. The average molecular weight is 383 g/mol. The summed E-state index contributed by atoms with van der Waals surface area (Å²) in [6.45, 7) is 5.21. The summed E-state index contributed by atoms with van der Waals surface area (Å²) >= 11 is 1.35. The van der Waals surface area contributed by atoms with E-state index in [-0.39, 0.29) is 23.9 Å². The summed E-state index contributed by atoms with van der Waals surface area (Å²) in [6.07, 6.45) is 4.08. The molecule has 0 saturated carbocycles. The molecule has 136 valence electrons. The topological polar surface area (TPSA) is 76.0 Å². The molecule has 2 aromatic rings. The molecule has 4 heterocycles. The Balaban J connectivity index is 0.00000182. The van der Waals surface area contributed by atoms with Crippen molar-refractivity contribution in [3.63, 3.8) is 0 Å². The van der Waals surface area contributed by atoms with Gasteiger partial charge in [-0.05, 0) is 25.3 Å². The summed E-state index contributed by atoms with van der Waals surface area (Å²) in [5, 5.41) is 6.82. The van der Waals surface area contributed by atoms with Crippen molar-refractivity contribution >= 4 is 39.9 Å². The van der Waals surface area contributed by atoms with Crippen LogP contribution >= 0.6 is 23.7 Å². The molecule has 25 heavy (non-hydrogen) atoms. The highest BCUT2D eigenvalue weighted by atomic mass is 35.5. The molecule has 0 aliphatic carbocycles. The van der Waals surface area contributed by atoms with Crippen molar-refractivity contribution in [2.24, 2.45) is 5.92 Å². The number of thiophene rings is 1. The van der Waals surface area contributed by atoms with E-state index in [1.54, 1.807) is 0 Å². The van der Waals surface area contributed by atoms with Crippen LogP contribution in [0.25, 0.3) is 10.2 Å². The fraction of sp³-hybridized carbons (Fsp3) is 0.588. The molecule has 0 atom stereocenters. The van der Waals surface area contributed by atoms with E-state index in [0.717, 1.165) is 56.7 Å². The van der Waals surface area contributed by atoms with Gasteiger partial charge in [-0.2, -0.15) is 0 Å². The minimum absolute atomic E-state index is 0. The Bertz CT molecular complexity index is 856. The fourth-order valence-corrected chi connectivity index (χ4v) is 4.54. The first-order valence-electron chi connectivity index (χ1n) is 8.67. The normalized spacial score (nSPS) is 17.3. The second kappa shape index (κ2) is 7.43. The van der Waals surface area contributed by atoms with E-state index >= 15 is 0 Å². The summed E-state index contributed by atoms with van der Waals surface area (Å²) in [4.78, 5) is 31.5. The van der Waals surface area contributed by atoms with Gasteiger partial charge in [-0.3, -0.25) is 14.2 Å². The van der Waals surface area contributed by atoms with Gasteiger partial charge in [-0.1, -0.05) is 6.42 Å². The highest BCUT2D eigenvalue weighted by Gasteiger charge is 2.23. The Morgan fingerprint density at radius 1 is 1.36 bits per heavy atom. The largest absolute Gasteiger partial charge is 0.351 e. The van der Waals surface area contributed by atoms with Gasteiger partial charge in [0.15, 0.2) is 0 Å². The first-order chi connectivity index (χ1) is 11.6. The van der Waals surface area contributed by atoms with Crippen LogP contribution in [0.1, 0.15) is 40.3 Å². The molecular weight excluding hydrogens is 360 g/mol. The number of aromatic nitrogens is 2. The molecule has 0 spiro atoms. The second-order valence-corrected chi connectivity index (χ2v) is 7.77. The van der Waals surface area contributed by atoms with Crippen LogP contribution in [-0.2, 0) is 13.0 Å². The zero-order valence-corrected chi connectivity index (χ0v) is 15.9. The number of nitrogens with one attached hydrogen (secondary N) is 2. The maximum Gasteiger partial charge on any atom is 0.262 e. The van der Waals surface area contributed by atoms with E-state index in [0.29, 0.717) is 27.6 Å². The molecule has 2 N–H and O–H groups in total. The van der Waals surface area contributed by atoms with E-state index in [2.05, 4.69) is 10.6 Å². The minimum Gasteiger partial charge on any atom is -0.351 e. The average Bonchev–Trinajstić information content (AvgIpc) is 2.69. The summed E-state index contributed by atoms with van der Waals surface area (Å²) in [7, 11) is 0. The minimum atomic E-state index is -0.0815. The Labute approximate surface area is 156 Å². The van der Waals surface area contributed by atoms with Crippen LogP contribution in [-0.4, -0.2) is 35.1 Å². The van der Waals surface area contributed by atoms with E-state index < -0.39 is 0 Å². The summed E-state index contributed by atoms with van der Waals surface area (Å²) < 4.78 is 1.82. The third-order valence-corrected chi connectivity index (χ3v) is 6.22. The molecule has 1 saturated heterocycles. The van der Waals surface area contributed by atoms with Crippen LogP contribution < -0.4 is 16.2 Å². The Morgan fingerprint density at radius 2 is 2.16 bits per heavy atom. The van der Waals surface area contributed by atoms with Crippen molar-refractivity contribution in [3.8, 4) is 0 Å². The fourth-order valence-electron chi connectivity index (χ4n) is 3.44. The Kier molecular flexibility index (Phi) is 5.46. The number of fused-ring (bicyclic) bond motifs is 2. The summed E-state index contributed by atoms with van der Waals surface area (Å²) in [5.74, 6) is 1.31. The van der Waals surface area contributed by atoms with E-state index in [9.17, 15) is 9.59 Å². The van der Waals surface area contributed by atoms with Gasteiger partial charge in [0.2, 0.25) is 0 Å². The van der Waals surface area contributed by atoms with Gasteiger partial charge in [0.05, 0.1) is 10.3 Å². The van der Waals surface area contributed by atoms with Crippen LogP contribution in [0.3, 0.4) is 0 Å². The first-order valence-corrected chi connectivity index (χ1v) is 9.48. The first kappa shape index (κ1) is 18.4. The number of halogens is 1. The number of carbonyl (C=O) groups is 1. The molecule has 0 bridgehead atoms. The zero-order valence-electron chi connectivity index (χ0n) is 14.3. The number of rotatable bonds is 3. The lowest BCUT2D eigenvalue weighted by Gasteiger charge is -2.26. The quantitative estimate of drug-likeness (QED) is 0.849. The van der Waals surface area contributed by atoms with Gasteiger partial charge < -0.3 is 10.6 Å². The molecule has 2 aromatic heterocycles. The maximum absolute atomic E-state index is 12.9. The number of amides is 1. The predicted molar refractivity (Wildman–Crippen MR) is 102 cm³/mol. The molecule has 0 aromatic carbocycles. The number of hydrogen-bond acceptors (Lipinski definition) is 5. The standard InChI is InChI=1S/C17H22N4O2S.ClH/c1-10-13-16(20-12-5-3-2-4-6-21(12)17(13)23)24-14(10)15(22)19-9-11-7-18-8-11;/h11,18H,2-9H2,1H3,(H,19,22);1H. The smallest absolute Gasteiger partial charge is 0.262 e. The van der Waals surface area contributed by atoms with Crippen molar-refractivity contribution in [3.05, 3.63) is 26.6 Å². The highest BCUT2D eigenvalue weighted by molar-refractivity contribution is 7.20. The third-order valence-electron chi connectivity index (χ3n) is 5.04. The molecule has 2 aliphatic heterocycles. The molecule has 4 rings (SSSR count). The number of aryl methyl sites for hydroxylation is 2. The van der Waals surface area contributed by atoms with Crippen molar-refractivity contribution in [2.75, 3.05) is 19.6 Å². The van der Waals surface area contributed by atoms with Crippen LogP contribution in [0.15, 0.2) is 4.79 Å². The van der Waals surface area contributed by atoms with E-state index in [4.69, 9.17) is 4.98 Å². The lowest BCUT2D eigenvalue weighted by Crippen LogP contribution is -2.48. The lowest BCUT2D eigenvalue weighted by molar-refractivity contribution is 0.0946. The second-order valence-electron chi connectivity index (χ2n) is 6.77. The van der Waals surface area contributed by atoms with Crippen LogP contribution in [0.4, 0.5) is 0 Å². The van der Waals surface area contributed by atoms with Crippen molar-refractivity contribution in [2.45, 2.75) is 39.2 Å². The third kappa shape index (κ3) is 3.32. The van der Waals surface area contributed by atoms with Crippen molar-refractivity contribution in [1.29, 1.82) is 0 Å². The number of carbonyl (C=O) groups excluding carboxylic acids is 1. The molecule has 6 nitrogen and oxygen atoms in total. The molecular formula is C17H23ClN4O2S. The van der Waals surface area contributed by atoms with Gasteiger partial charge in [0.25, 0.3) is 11.5 Å². The van der Waals surface area contributed by atoms with E-state index in [1.807, 2.05) is 11.5 Å². The molecule has 0 unspecified atom stereocenters. The summed E-state index contributed by atoms with van der Waals surface area (Å²) in [6, 6.07) is 0. The monoisotopic (exact) mass is 382 g/mol. The van der Waals surface area contributed by atoms with Crippen LogP contribution in [0, 0.1) is 12.8 Å². The van der Waals surface area contributed by atoms with Gasteiger partial charge >= 0.3 is 0 Å². The Hall–Kier alpha value is -1.44. The van der Waals surface area contributed by atoms with Gasteiger partial charge in [0, 0.05) is 38.5 Å².